The lowest BCUT2D eigenvalue weighted by Crippen LogP contribution is -2.28. The number of nitrogens with zero attached hydrogens (tertiary/aromatic N) is 1. The molecule has 0 aromatic heterocycles. The highest BCUT2D eigenvalue weighted by atomic mass is 32.2. The number of nitrogens with two attached hydrogens (primary N) is 1. The van der Waals surface area contributed by atoms with Crippen LogP contribution in [-0.4, -0.2) is 44.2 Å². The summed E-state index contributed by atoms with van der Waals surface area (Å²) in [4.78, 5) is 23.4. The van der Waals surface area contributed by atoms with Crippen molar-refractivity contribution in [2.45, 2.75) is 17.7 Å². The second-order valence-corrected chi connectivity index (χ2v) is 8.50. The number of nitrogens with one attached hydrogen (secondary N) is 1. The molecule has 8 heteroatoms. The molecule has 3 N–H and O–H groups in total. The van der Waals surface area contributed by atoms with Crippen molar-refractivity contribution in [2.24, 2.45) is 5.73 Å². The van der Waals surface area contributed by atoms with E-state index in [1.165, 1.54) is 28.6 Å². The molecule has 0 radical (unpaired) electrons. The highest BCUT2D eigenvalue weighted by molar-refractivity contribution is 7.89. The first-order valence-electron chi connectivity index (χ1n) is 9.15. The Balaban J connectivity index is 1.57. The van der Waals surface area contributed by atoms with Gasteiger partial charge in [0, 0.05) is 29.8 Å². The van der Waals surface area contributed by atoms with Gasteiger partial charge in [-0.3, -0.25) is 9.59 Å². The zero-order chi connectivity index (χ0) is 20.9. The molecule has 0 unspecified atom stereocenters. The number of hydrogen-bond donors (Lipinski definition) is 2. The van der Waals surface area contributed by atoms with E-state index in [1.807, 2.05) is 0 Å². The third-order valence-corrected chi connectivity index (χ3v) is 6.47. The molecule has 0 spiro atoms. The smallest absolute Gasteiger partial charge is 0.252 e. The van der Waals surface area contributed by atoms with Crippen LogP contribution in [0.15, 0.2) is 53.4 Å². The molecule has 150 valence electrons. The minimum Gasteiger partial charge on any atom is -0.366 e. The van der Waals surface area contributed by atoms with Crippen LogP contribution in [0.4, 0.5) is 0 Å². The Morgan fingerprint density at radius 2 is 1.55 bits per heavy atom. The van der Waals surface area contributed by atoms with E-state index in [0.717, 1.165) is 12.8 Å². The lowest BCUT2D eigenvalue weighted by molar-refractivity contribution is 0.0957. The fourth-order valence-electron chi connectivity index (χ4n) is 2.95. The molecule has 0 bridgehead atoms. The Morgan fingerprint density at radius 1 is 0.966 bits per heavy atom. The van der Waals surface area contributed by atoms with Crippen LogP contribution in [0, 0.1) is 11.8 Å². The van der Waals surface area contributed by atoms with E-state index in [-0.39, 0.29) is 17.3 Å². The summed E-state index contributed by atoms with van der Waals surface area (Å²) in [5.74, 6) is 4.86. The number of sulfonamides is 1. The van der Waals surface area contributed by atoms with Crippen LogP contribution in [0.25, 0.3) is 0 Å². The number of carbonyl (C=O) groups is 2. The van der Waals surface area contributed by atoms with Crippen LogP contribution in [0.1, 0.15) is 39.1 Å². The largest absolute Gasteiger partial charge is 0.366 e. The van der Waals surface area contributed by atoms with Crippen molar-refractivity contribution in [1.29, 1.82) is 0 Å². The Kier molecular flexibility index (Phi) is 6.32. The maximum Gasteiger partial charge on any atom is 0.252 e. The molecule has 1 saturated heterocycles. The summed E-state index contributed by atoms with van der Waals surface area (Å²) in [6.45, 7) is 1.20. The van der Waals surface area contributed by atoms with Gasteiger partial charge >= 0.3 is 0 Å². The van der Waals surface area contributed by atoms with Gasteiger partial charge in [0.1, 0.15) is 0 Å². The van der Waals surface area contributed by atoms with Gasteiger partial charge in [-0.15, -0.1) is 0 Å². The Morgan fingerprint density at radius 3 is 2.14 bits per heavy atom. The average molecular weight is 411 g/mol. The Bertz CT molecular complexity index is 1060. The molecule has 7 nitrogen and oxygen atoms in total. The first-order valence-corrected chi connectivity index (χ1v) is 10.6. The van der Waals surface area contributed by atoms with Gasteiger partial charge in [0.2, 0.25) is 15.9 Å². The van der Waals surface area contributed by atoms with Crippen molar-refractivity contribution >= 4 is 21.8 Å². The van der Waals surface area contributed by atoms with Crippen LogP contribution in [0.3, 0.4) is 0 Å². The van der Waals surface area contributed by atoms with Crippen molar-refractivity contribution in [2.75, 3.05) is 19.6 Å². The molecule has 2 aromatic rings. The van der Waals surface area contributed by atoms with Crippen LogP contribution < -0.4 is 11.1 Å². The highest BCUT2D eigenvalue weighted by Gasteiger charge is 2.27. The first-order chi connectivity index (χ1) is 13.9. The molecule has 1 fully saturated rings. The van der Waals surface area contributed by atoms with Crippen molar-refractivity contribution in [1.82, 2.24) is 9.62 Å². The summed E-state index contributed by atoms with van der Waals surface area (Å²) in [5.41, 5.74) is 6.64. The molecule has 2 amide bonds. The van der Waals surface area contributed by atoms with Crippen LogP contribution >= 0.6 is 0 Å². The molecule has 3 rings (SSSR count). The predicted molar refractivity (Wildman–Crippen MR) is 109 cm³/mol. The maximum absolute atomic E-state index is 12.5. The van der Waals surface area contributed by atoms with Gasteiger partial charge in [-0.25, -0.2) is 8.42 Å². The van der Waals surface area contributed by atoms with Gasteiger partial charge in [0.05, 0.1) is 11.4 Å². The molecule has 0 saturated carbocycles. The fourth-order valence-corrected chi connectivity index (χ4v) is 4.46. The molecular weight excluding hydrogens is 390 g/mol. The second-order valence-electron chi connectivity index (χ2n) is 6.56. The summed E-state index contributed by atoms with van der Waals surface area (Å²) in [7, 11) is -3.49. The molecule has 1 aliphatic heterocycles. The fraction of sp³-hybridized carbons (Fsp3) is 0.238. The first kappa shape index (κ1) is 20.6. The van der Waals surface area contributed by atoms with Crippen molar-refractivity contribution in [3.8, 4) is 11.8 Å². The quantitative estimate of drug-likeness (QED) is 0.724. The monoisotopic (exact) mass is 411 g/mol. The van der Waals surface area contributed by atoms with Crippen LogP contribution in [0.5, 0.6) is 0 Å². The third kappa shape index (κ3) is 5.02. The summed E-state index contributed by atoms with van der Waals surface area (Å²) in [5, 5.41) is 2.67. The lowest BCUT2D eigenvalue weighted by Gasteiger charge is -2.15. The van der Waals surface area contributed by atoms with Gasteiger partial charge in [0.25, 0.3) is 5.91 Å². The summed E-state index contributed by atoms with van der Waals surface area (Å²) in [6.07, 6.45) is 1.74. The standard InChI is InChI=1S/C21H21N3O4S/c22-20(25)17-7-5-16(6-8-17)4-3-13-23-21(26)18-9-11-19(12-10-18)29(27,28)24-14-1-2-15-24/h5-12H,1-2,13-15H2,(H2,22,25)(H,23,26). The lowest BCUT2D eigenvalue weighted by atomic mass is 10.1. The zero-order valence-electron chi connectivity index (χ0n) is 15.7. The topological polar surface area (TPSA) is 110 Å². The van der Waals surface area contributed by atoms with E-state index in [4.69, 9.17) is 5.73 Å². The normalized spacial score (nSPS) is 14.1. The summed E-state index contributed by atoms with van der Waals surface area (Å²) >= 11 is 0. The molecular formula is C21H21N3O4S. The number of benzene rings is 2. The van der Waals surface area contributed by atoms with Crippen LogP contribution in [-0.2, 0) is 10.0 Å². The van der Waals surface area contributed by atoms with Crippen molar-refractivity contribution in [3.63, 3.8) is 0 Å². The maximum atomic E-state index is 12.5. The van der Waals surface area contributed by atoms with E-state index >= 15 is 0 Å². The zero-order valence-corrected chi connectivity index (χ0v) is 16.5. The van der Waals surface area contributed by atoms with Gasteiger partial charge in [0.15, 0.2) is 0 Å². The van der Waals surface area contributed by atoms with E-state index in [9.17, 15) is 18.0 Å². The molecule has 1 heterocycles. The number of primary amides is 1. The second kappa shape index (κ2) is 8.90. The van der Waals surface area contributed by atoms with Crippen molar-refractivity contribution in [3.05, 3.63) is 65.2 Å². The number of carbonyl (C=O) groups excluding carboxylic acids is 2. The summed E-state index contributed by atoms with van der Waals surface area (Å²) in [6, 6.07) is 12.4. The minimum atomic E-state index is -3.49. The SMILES string of the molecule is NC(=O)c1ccc(C#CCNC(=O)c2ccc(S(=O)(=O)N3CCCC3)cc2)cc1. The van der Waals surface area contributed by atoms with E-state index < -0.39 is 15.9 Å². The Labute approximate surface area is 169 Å². The number of amides is 2. The summed E-state index contributed by atoms with van der Waals surface area (Å²) < 4.78 is 26.5. The minimum absolute atomic E-state index is 0.129. The van der Waals surface area contributed by atoms with Gasteiger partial charge in [-0.1, -0.05) is 11.8 Å². The molecule has 1 aliphatic rings. The van der Waals surface area contributed by atoms with Gasteiger partial charge < -0.3 is 11.1 Å². The van der Waals surface area contributed by atoms with Gasteiger partial charge in [-0.2, -0.15) is 4.31 Å². The Hall–Kier alpha value is -3.15. The molecule has 0 aliphatic carbocycles. The molecule has 0 atom stereocenters. The van der Waals surface area contributed by atoms with E-state index in [1.54, 1.807) is 24.3 Å². The van der Waals surface area contributed by atoms with E-state index in [2.05, 4.69) is 17.2 Å². The predicted octanol–water partition coefficient (Wildman–Crippen LogP) is 1.35. The highest BCUT2D eigenvalue weighted by Crippen LogP contribution is 2.21. The molecule has 2 aromatic carbocycles. The van der Waals surface area contributed by atoms with Crippen molar-refractivity contribution < 1.29 is 18.0 Å². The third-order valence-electron chi connectivity index (χ3n) is 4.56. The van der Waals surface area contributed by atoms with Crippen LogP contribution in [0.2, 0.25) is 0 Å². The van der Waals surface area contributed by atoms with Gasteiger partial charge in [-0.05, 0) is 61.4 Å². The molecule has 29 heavy (non-hydrogen) atoms. The number of hydrogen-bond acceptors (Lipinski definition) is 4. The average Bonchev–Trinajstić information content (AvgIpc) is 3.27. The van der Waals surface area contributed by atoms with E-state index in [0.29, 0.717) is 29.8 Å². The number of rotatable bonds is 5.